The average molecular weight is 1160 g/mol. The number of aromatic hydroxyl groups is 1. The number of aromatic nitrogens is 1. The maximum absolute atomic E-state index is 16.3. The number of carboxylic acids is 1. The van der Waals surface area contributed by atoms with Crippen LogP contribution in [-0.4, -0.2) is 152 Å². The molecule has 0 radical (unpaired) electrons. The number of ketones is 3. The molecule has 450 valence electrons. The lowest BCUT2D eigenvalue weighted by Crippen LogP contribution is -2.60. The van der Waals surface area contributed by atoms with Gasteiger partial charge in [0.1, 0.15) is 34.6 Å². The molecule has 3 aromatic rings. The molecule has 11 rings (SSSR count). The zero-order valence-electron chi connectivity index (χ0n) is 48.3. The van der Waals surface area contributed by atoms with Gasteiger partial charge in [-0.25, -0.2) is 9.18 Å². The van der Waals surface area contributed by atoms with Gasteiger partial charge in [-0.15, -0.1) is 0 Å². The Hall–Kier alpha value is -7.28. The topological polar surface area (TPSA) is 324 Å². The molecular weight excluding hydrogens is 1090 g/mol. The van der Waals surface area contributed by atoms with E-state index in [9.17, 15) is 44.4 Å². The second-order valence-corrected chi connectivity index (χ2v) is 24.0. The van der Waals surface area contributed by atoms with Crippen molar-refractivity contribution < 1.29 is 72.5 Å². The van der Waals surface area contributed by atoms with Crippen LogP contribution in [0.25, 0.3) is 5.52 Å². The van der Waals surface area contributed by atoms with Crippen molar-refractivity contribution in [3.8, 4) is 11.5 Å². The Morgan fingerprint density at radius 1 is 0.893 bits per heavy atom. The number of phenolic OH excluding ortho intramolecular Hbond substituents is 1. The summed E-state index contributed by atoms with van der Waals surface area (Å²) in [6, 6.07) is -1.34. The number of hydrogen-bond acceptors (Lipinski definition) is 19. The first-order valence-electron chi connectivity index (χ1n) is 28.7. The van der Waals surface area contributed by atoms with E-state index in [-0.39, 0.29) is 64.7 Å². The number of carboxylic acid groups (broad SMARTS) is 1. The van der Waals surface area contributed by atoms with Gasteiger partial charge in [0.2, 0.25) is 11.6 Å². The molecule has 0 spiro atoms. The number of aromatic carboxylic acids is 1. The van der Waals surface area contributed by atoms with Crippen LogP contribution >= 0.6 is 0 Å². The number of allylic oxidation sites excluding steroid dienone is 4. The molecule has 3 aliphatic carbocycles. The predicted octanol–water partition coefficient (Wildman–Crippen LogP) is 4.09. The highest BCUT2D eigenvalue weighted by Gasteiger charge is 2.55. The van der Waals surface area contributed by atoms with Crippen LogP contribution in [0.15, 0.2) is 64.6 Å². The van der Waals surface area contributed by atoms with Gasteiger partial charge in [0.15, 0.2) is 5.82 Å². The molecule has 1 aromatic carbocycles. The zero-order valence-corrected chi connectivity index (χ0v) is 48.3. The Balaban J connectivity index is 0.939. The summed E-state index contributed by atoms with van der Waals surface area (Å²) in [5, 5.41) is 51.1. The van der Waals surface area contributed by atoms with Crippen LogP contribution in [0.3, 0.4) is 0 Å². The molecule has 8 aliphatic rings. The fraction of sp³-hybridized carbons (Fsp3) is 0.525. The van der Waals surface area contributed by atoms with E-state index in [0.29, 0.717) is 42.7 Å². The van der Waals surface area contributed by atoms with Crippen molar-refractivity contribution in [3.05, 3.63) is 115 Å². The van der Waals surface area contributed by atoms with E-state index >= 15 is 14.0 Å². The number of carbonyl (C=O) groups is 6. The van der Waals surface area contributed by atoms with E-state index in [0.717, 1.165) is 61.5 Å². The predicted molar refractivity (Wildman–Crippen MR) is 303 cm³/mol. The van der Waals surface area contributed by atoms with Gasteiger partial charge in [-0.05, 0) is 101 Å². The number of pyridine rings is 2. The Bertz CT molecular complexity index is 3470. The number of rotatable bonds is 9. The number of piperidine rings is 1. The molecule has 1 amide bonds. The molecule has 22 nitrogen and oxygen atoms in total. The van der Waals surface area contributed by atoms with Gasteiger partial charge >= 0.3 is 17.7 Å². The molecule has 2 aromatic heterocycles. The largest absolute Gasteiger partial charge is 0.507 e. The van der Waals surface area contributed by atoms with Crippen molar-refractivity contribution in [3.63, 3.8) is 0 Å². The van der Waals surface area contributed by atoms with Gasteiger partial charge in [-0.3, -0.25) is 33.2 Å². The highest BCUT2D eigenvalue weighted by atomic mass is 19.1. The molecule has 1 unspecified atom stereocenters. The number of fused-ring (bicyclic) bond motifs is 15. The van der Waals surface area contributed by atoms with E-state index < -0.39 is 129 Å². The number of benzene rings is 1. The number of anilines is 1. The number of esters is 1. The van der Waals surface area contributed by atoms with Crippen molar-refractivity contribution in [2.75, 3.05) is 38.2 Å². The first-order valence-corrected chi connectivity index (χ1v) is 28.7. The number of hydrogen-bond donors (Lipinski definition) is 8. The van der Waals surface area contributed by atoms with Crippen molar-refractivity contribution in [1.29, 1.82) is 0 Å². The molecule has 7 heterocycles. The Kier molecular flexibility index (Phi) is 16.1. The number of nitrogens with one attached hydrogen (secondary N) is 2. The van der Waals surface area contributed by atoms with Crippen molar-refractivity contribution in [1.82, 2.24) is 19.9 Å². The van der Waals surface area contributed by atoms with Crippen LogP contribution in [-0.2, 0) is 23.8 Å². The quantitative estimate of drug-likeness (QED) is 0.140. The van der Waals surface area contributed by atoms with Gasteiger partial charge < -0.3 is 71.3 Å². The number of nitrogens with two attached hydrogens (primary N) is 2. The highest BCUT2D eigenvalue weighted by Crippen LogP contribution is 2.51. The Morgan fingerprint density at radius 2 is 1.57 bits per heavy atom. The van der Waals surface area contributed by atoms with E-state index in [4.69, 9.17) is 30.4 Å². The molecule has 84 heavy (non-hydrogen) atoms. The second kappa shape index (κ2) is 22.6. The summed E-state index contributed by atoms with van der Waals surface area (Å²) < 4.78 is 41.0. The maximum atomic E-state index is 16.3. The van der Waals surface area contributed by atoms with Crippen LogP contribution in [0.1, 0.15) is 144 Å². The van der Waals surface area contributed by atoms with Crippen LogP contribution in [0.5, 0.6) is 11.5 Å². The van der Waals surface area contributed by atoms with E-state index in [2.05, 4.69) is 10.6 Å². The lowest BCUT2D eigenvalue weighted by molar-refractivity contribution is -0.155. The first-order chi connectivity index (χ1) is 39.7. The van der Waals surface area contributed by atoms with Crippen LogP contribution in [0.2, 0.25) is 0 Å². The summed E-state index contributed by atoms with van der Waals surface area (Å²) in [7, 11) is 1.36. The number of carbonyl (C=O) groups excluding carboxylic acids is 5. The van der Waals surface area contributed by atoms with Gasteiger partial charge in [0.05, 0.1) is 70.7 Å². The van der Waals surface area contributed by atoms with Crippen molar-refractivity contribution in [2.24, 2.45) is 29.2 Å². The summed E-state index contributed by atoms with van der Waals surface area (Å²) in [6.07, 6.45) is 7.93. The number of Topliss-reactive ketones (excluding diaryl/α,β-unsaturated/α-hetero) is 3. The minimum Gasteiger partial charge on any atom is -0.507 e. The number of methoxy groups -OCH3 is 1. The average Bonchev–Trinajstić information content (AvgIpc) is 1.55. The van der Waals surface area contributed by atoms with E-state index in [1.54, 1.807) is 25.7 Å². The summed E-state index contributed by atoms with van der Waals surface area (Å²) in [4.78, 5) is 101. The molecule has 10 N–H and O–H groups in total. The van der Waals surface area contributed by atoms with Crippen LogP contribution in [0, 0.1) is 37.4 Å². The van der Waals surface area contributed by atoms with E-state index in [1.165, 1.54) is 58.3 Å². The van der Waals surface area contributed by atoms with Crippen molar-refractivity contribution in [2.45, 2.75) is 153 Å². The fourth-order valence-corrected chi connectivity index (χ4v) is 13.2. The zero-order chi connectivity index (χ0) is 60.8. The van der Waals surface area contributed by atoms with Gasteiger partial charge in [0, 0.05) is 81.7 Å². The third-order valence-electron chi connectivity index (χ3n) is 18.4. The minimum atomic E-state index is -2.19. The second-order valence-electron chi connectivity index (χ2n) is 24.0. The number of phenols is 1. The Morgan fingerprint density at radius 3 is 2.20 bits per heavy atom. The van der Waals surface area contributed by atoms with Crippen molar-refractivity contribution >= 4 is 46.4 Å². The lowest BCUT2D eigenvalue weighted by Gasteiger charge is -2.39. The van der Waals surface area contributed by atoms with E-state index in [1.807, 2.05) is 4.90 Å². The molecule has 23 heteroatoms. The Labute approximate surface area is 484 Å². The summed E-state index contributed by atoms with van der Waals surface area (Å²) in [5.74, 6) is -10.5. The monoisotopic (exact) mass is 1160 g/mol. The first kappa shape index (κ1) is 59.9. The fourth-order valence-electron chi connectivity index (χ4n) is 13.2. The van der Waals surface area contributed by atoms with Crippen LogP contribution in [0.4, 0.5) is 10.1 Å². The molecule has 5 bridgehead atoms. The SMILES string of the molecule is CO[C@H]1C=CO[C@@]2(C)Oc3c(C)c(O)c4c(c3C2=O)C(=O)C(N2CCC(NC3(C5CCN(c6c(F)cn7c(=O)c(C(=O)O)cc(C8CC8)c7c6C)C5)CC3)CC2)=C(NC(=O)/C(C)=C\C=C[C@H](C)[C@H](O)[C@@H](N)[C@@H](O)[C@@H](N)[C@H](OC(C)=O)[C@@H]1C)C4=O. The number of likely N-dealkylation sites (tertiary alicyclic amines) is 1. The smallest absolute Gasteiger partial charge is 0.341 e. The summed E-state index contributed by atoms with van der Waals surface area (Å²) in [5.41, 5.74) is 11.9. The summed E-state index contributed by atoms with van der Waals surface area (Å²) >= 11 is 0. The minimum absolute atomic E-state index is 0.0514. The number of aliphatic hydroxyl groups excluding tert-OH is 2. The third kappa shape index (κ3) is 10.5. The van der Waals surface area contributed by atoms with Gasteiger partial charge in [0.25, 0.3) is 17.2 Å². The molecular formula is C61H74FN7O15. The molecule has 10 atom stereocenters. The number of ether oxygens (including phenoxy) is 4. The molecule has 4 fully saturated rings. The summed E-state index contributed by atoms with van der Waals surface area (Å²) in [6.45, 7) is 11.9. The number of aliphatic hydroxyl groups is 2. The standard InChI is InChI=1S/C61H74FN7O15/c1-27-10-9-11-28(2)57(77)65-45-48(67-21-15-35(16-22-67)66-61(18-19-61)34-14-20-68(25-34)47-30(4)46-36(33-12-13-33)24-37(59(79)80)58(78)69(46)26-38(47)62)52(74)40-41(51(45)73)50(72)31(5)54-42(40)56(76)60(7,84-54)82-23-17-39(81-8)29(3)55(83-32(6)70)44(64)53(75)43(63)49(27)71/h9-11,17,23-24,26-27,29,33-35,39,43-44,49,53,55,66,71-72,75H,12-16,18-22,25,63-64H2,1-8H3,(H,65,77)(H,79,80)/b10-9?,23-17?,28-11-/t27-,29+,34?,39-,43+,44+,49-,53+,55+,60-/m0/s1. The van der Waals surface area contributed by atoms with Crippen LogP contribution < -0.4 is 37.3 Å². The normalized spacial score (nSPS) is 30.1. The maximum Gasteiger partial charge on any atom is 0.341 e. The molecule has 2 saturated heterocycles. The lowest BCUT2D eigenvalue weighted by atomic mass is 9.82. The van der Waals surface area contributed by atoms with Gasteiger partial charge in [-0.2, -0.15) is 0 Å². The molecule has 5 aliphatic heterocycles. The molecule has 2 saturated carbocycles. The highest BCUT2D eigenvalue weighted by molar-refractivity contribution is 6.32. The third-order valence-corrected chi connectivity index (χ3v) is 18.4. The van der Waals surface area contributed by atoms with Gasteiger partial charge in [-0.1, -0.05) is 32.1 Å². The number of amides is 1. The number of halogens is 1. The number of nitrogens with zero attached hydrogens (tertiary/aromatic N) is 3. The number of aryl methyl sites for hydroxylation is 1.